The van der Waals surface area contributed by atoms with Crippen molar-refractivity contribution in [1.82, 2.24) is 0 Å². The second-order valence-electron chi connectivity index (χ2n) is 14.0. The summed E-state index contributed by atoms with van der Waals surface area (Å²) in [6.45, 7) is 0. The van der Waals surface area contributed by atoms with E-state index >= 15 is 0 Å². The fourth-order valence-corrected chi connectivity index (χ4v) is 9.63. The van der Waals surface area contributed by atoms with E-state index in [0.717, 1.165) is 50.1 Å². The van der Waals surface area contributed by atoms with Crippen molar-refractivity contribution >= 4 is 81.3 Å². The van der Waals surface area contributed by atoms with Crippen LogP contribution in [0.5, 0.6) is 0 Å². The fourth-order valence-electron chi connectivity index (χ4n) is 8.29. The van der Waals surface area contributed by atoms with Crippen LogP contribution >= 0.6 is 11.3 Å². The molecule has 0 aliphatic rings. The van der Waals surface area contributed by atoms with E-state index in [2.05, 4.69) is 193 Å². The highest BCUT2D eigenvalue weighted by molar-refractivity contribution is 7.27. The van der Waals surface area contributed by atoms with E-state index in [1.807, 2.05) is 23.5 Å². The lowest BCUT2D eigenvalue weighted by molar-refractivity contribution is 0.669. The highest BCUT2D eigenvalue weighted by atomic mass is 32.1. The first-order chi connectivity index (χ1) is 27.3. The summed E-state index contributed by atoms with van der Waals surface area (Å²) in [4.78, 5) is 2.47. The van der Waals surface area contributed by atoms with E-state index in [0.29, 0.717) is 0 Å². The Bertz CT molecular complexity index is 3190. The predicted molar refractivity (Wildman–Crippen MR) is 235 cm³/mol. The number of benzene rings is 9. The summed E-state index contributed by atoms with van der Waals surface area (Å²) in [5, 5.41) is 7.25. The van der Waals surface area contributed by atoms with E-state index in [-0.39, 0.29) is 0 Å². The number of thiophene rings is 1. The highest BCUT2D eigenvalue weighted by Crippen LogP contribution is 2.49. The Morgan fingerprint density at radius 3 is 1.71 bits per heavy atom. The molecule has 0 aliphatic heterocycles. The minimum absolute atomic E-state index is 0.908. The molecule has 0 radical (unpaired) electrons. The smallest absolute Gasteiger partial charge is 0.135 e. The fraction of sp³-hybridized carbons (Fsp3) is 0. The molecule has 0 fully saturated rings. The minimum Gasteiger partial charge on any atom is -0.456 e. The third-order valence-corrected chi connectivity index (χ3v) is 12.2. The molecule has 2 heterocycles. The average molecular weight is 720 g/mol. The molecule has 0 aliphatic carbocycles. The Hall–Kier alpha value is -6.94. The van der Waals surface area contributed by atoms with Crippen LogP contribution in [0, 0.1) is 0 Å². The summed E-state index contributed by atoms with van der Waals surface area (Å²) in [6, 6.07) is 72.2. The summed E-state index contributed by atoms with van der Waals surface area (Å²) in [6.07, 6.45) is 0. The average Bonchev–Trinajstić information content (AvgIpc) is 3.83. The molecule has 3 heteroatoms. The van der Waals surface area contributed by atoms with Crippen molar-refractivity contribution in [3.63, 3.8) is 0 Å². The van der Waals surface area contributed by atoms with Crippen LogP contribution in [0.25, 0.3) is 86.3 Å². The number of hydrogen-bond donors (Lipinski definition) is 0. The van der Waals surface area contributed by atoms with Crippen molar-refractivity contribution in [3.8, 4) is 33.4 Å². The van der Waals surface area contributed by atoms with Gasteiger partial charge in [0.1, 0.15) is 11.2 Å². The monoisotopic (exact) mass is 719 g/mol. The maximum absolute atomic E-state index is 6.15. The van der Waals surface area contributed by atoms with Gasteiger partial charge in [-0.1, -0.05) is 158 Å². The lowest BCUT2D eigenvalue weighted by Gasteiger charge is -2.28. The topological polar surface area (TPSA) is 16.4 Å². The Balaban J connectivity index is 1.12. The third kappa shape index (κ3) is 5.24. The number of para-hydroxylation sites is 1. The van der Waals surface area contributed by atoms with E-state index in [1.165, 1.54) is 53.2 Å². The first-order valence-electron chi connectivity index (χ1n) is 18.7. The van der Waals surface area contributed by atoms with Crippen LogP contribution in [0.4, 0.5) is 17.1 Å². The van der Waals surface area contributed by atoms with Gasteiger partial charge in [-0.05, 0) is 81.2 Å². The SMILES string of the molecule is c1ccc(-c2ccc(N(c3ccc(-c4ccc5oc6ccccc6c5c4)cc3)c3cccc4c3sc3c(-c5ccccc5)cccc34)c3ccccc23)cc1. The molecule has 0 amide bonds. The zero-order valence-electron chi connectivity index (χ0n) is 29.8. The molecule has 11 aromatic rings. The first kappa shape index (κ1) is 31.6. The molecule has 0 atom stereocenters. The number of rotatable bonds is 6. The summed E-state index contributed by atoms with van der Waals surface area (Å²) >= 11 is 1.89. The van der Waals surface area contributed by atoms with E-state index in [4.69, 9.17) is 4.42 Å². The summed E-state index contributed by atoms with van der Waals surface area (Å²) in [7, 11) is 0. The third-order valence-electron chi connectivity index (χ3n) is 10.9. The molecule has 55 heavy (non-hydrogen) atoms. The molecular weight excluding hydrogens is 687 g/mol. The van der Waals surface area contributed by atoms with Crippen molar-refractivity contribution in [3.05, 3.63) is 200 Å². The van der Waals surface area contributed by atoms with Gasteiger partial charge in [-0.25, -0.2) is 0 Å². The van der Waals surface area contributed by atoms with Gasteiger partial charge in [0.05, 0.1) is 16.1 Å². The Morgan fingerprint density at radius 2 is 0.927 bits per heavy atom. The van der Waals surface area contributed by atoms with Crippen LogP contribution in [0.1, 0.15) is 0 Å². The van der Waals surface area contributed by atoms with Crippen molar-refractivity contribution in [2.24, 2.45) is 0 Å². The van der Waals surface area contributed by atoms with Crippen molar-refractivity contribution in [2.45, 2.75) is 0 Å². The quantitative estimate of drug-likeness (QED) is 0.170. The molecule has 2 nitrogen and oxygen atoms in total. The van der Waals surface area contributed by atoms with Crippen LogP contribution in [0.2, 0.25) is 0 Å². The number of furan rings is 1. The van der Waals surface area contributed by atoms with E-state index in [9.17, 15) is 0 Å². The normalized spacial score (nSPS) is 11.6. The number of hydrogen-bond acceptors (Lipinski definition) is 3. The number of anilines is 3. The Labute approximate surface area is 322 Å². The Morgan fingerprint density at radius 1 is 0.327 bits per heavy atom. The summed E-state index contributed by atoms with van der Waals surface area (Å²) in [5.74, 6) is 0. The molecular formula is C52H33NOS. The van der Waals surface area contributed by atoms with Crippen molar-refractivity contribution in [1.29, 1.82) is 0 Å². The number of nitrogens with zero attached hydrogens (tertiary/aromatic N) is 1. The van der Waals surface area contributed by atoms with Crippen LogP contribution in [0.3, 0.4) is 0 Å². The molecule has 2 aromatic heterocycles. The molecule has 0 unspecified atom stereocenters. The molecule has 258 valence electrons. The molecule has 0 saturated heterocycles. The second-order valence-corrected chi connectivity index (χ2v) is 15.1. The summed E-state index contributed by atoms with van der Waals surface area (Å²) < 4.78 is 8.71. The Kier molecular flexibility index (Phi) is 7.39. The molecule has 0 bridgehead atoms. The summed E-state index contributed by atoms with van der Waals surface area (Å²) in [5.41, 5.74) is 12.5. The molecule has 9 aromatic carbocycles. The molecule has 11 rings (SSSR count). The minimum atomic E-state index is 0.908. The standard InChI is InChI=1S/C52H33NOS/c1-3-13-35(14-4-1)39-30-31-47(42-18-8-7-17-41(39)42)53(38-28-25-34(26-29-38)37-27-32-50-46(33-37)43-19-9-10-24-49(43)54-50)48-23-12-22-45-44-21-11-20-40(51(44)55-52(45)48)36-15-5-2-6-16-36/h1-33H. The van der Waals surface area contributed by atoms with Gasteiger partial charge < -0.3 is 9.32 Å². The molecule has 0 N–H and O–H groups in total. The largest absolute Gasteiger partial charge is 0.456 e. The van der Waals surface area contributed by atoms with Gasteiger partial charge in [-0.15, -0.1) is 11.3 Å². The van der Waals surface area contributed by atoms with Gasteiger partial charge in [0, 0.05) is 37.3 Å². The van der Waals surface area contributed by atoms with Gasteiger partial charge in [0.25, 0.3) is 0 Å². The lowest BCUT2D eigenvalue weighted by Crippen LogP contribution is -2.10. The van der Waals surface area contributed by atoms with Crippen molar-refractivity contribution in [2.75, 3.05) is 4.90 Å². The highest BCUT2D eigenvalue weighted by Gasteiger charge is 2.22. The number of fused-ring (bicyclic) bond motifs is 7. The predicted octanol–water partition coefficient (Wildman–Crippen LogP) is 15.6. The van der Waals surface area contributed by atoms with Crippen LogP contribution in [-0.4, -0.2) is 0 Å². The van der Waals surface area contributed by atoms with Gasteiger partial charge in [0.15, 0.2) is 0 Å². The van der Waals surface area contributed by atoms with Gasteiger partial charge >= 0.3 is 0 Å². The van der Waals surface area contributed by atoms with E-state index < -0.39 is 0 Å². The zero-order valence-corrected chi connectivity index (χ0v) is 30.6. The van der Waals surface area contributed by atoms with Gasteiger partial charge in [-0.2, -0.15) is 0 Å². The molecule has 0 spiro atoms. The maximum atomic E-state index is 6.15. The zero-order chi connectivity index (χ0) is 36.3. The maximum Gasteiger partial charge on any atom is 0.135 e. The second kappa shape index (κ2) is 12.9. The first-order valence-corrected chi connectivity index (χ1v) is 19.5. The van der Waals surface area contributed by atoms with Crippen LogP contribution in [0.15, 0.2) is 205 Å². The van der Waals surface area contributed by atoms with Crippen molar-refractivity contribution < 1.29 is 4.42 Å². The van der Waals surface area contributed by atoms with Gasteiger partial charge in [0.2, 0.25) is 0 Å². The van der Waals surface area contributed by atoms with Crippen LogP contribution in [-0.2, 0) is 0 Å². The van der Waals surface area contributed by atoms with Crippen LogP contribution < -0.4 is 4.90 Å². The van der Waals surface area contributed by atoms with Gasteiger partial charge in [-0.3, -0.25) is 0 Å². The lowest BCUT2D eigenvalue weighted by atomic mass is 9.96. The molecule has 0 saturated carbocycles. The van der Waals surface area contributed by atoms with E-state index in [1.54, 1.807) is 0 Å².